The van der Waals surface area contributed by atoms with Crippen molar-refractivity contribution in [3.63, 3.8) is 0 Å². The Balaban J connectivity index is 0.00000220. The maximum absolute atomic E-state index is 13.0. The molecule has 3 nitrogen and oxygen atoms in total. The predicted molar refractivity (Wildman–Crippen MR) is 85.4 cm³/mol. The minimum atomic E-state index is -0.371. The maximum atomic E-state index is 13.0. The average molecular weight is 335 g/mol. The number of carbonyl (C=O) groups is 1. The summed E-state index contributed by atoms with van der Waals surface area (Å²) in [6.07, 6.45) is 1.69. The summed E-state index contributed by atoms with van der Waals surface area (Å²) < 4.78 is 13.0. The molecule has 1 heterocycles. The molecule has 0 saturated carbocycles. The molecule has 1 saturated heterocycles. The second-order valence-corrected chi connectivity index (χ2v) is 5.88. The lowest BCUT2D eigenvalue weighted by Gasteiger charge is -2.28. The van der Waals surface area contributed by atoms with Gasteiger partial charge in [-0.15, -0.1) is 12.4 Å². The van der Waals surface area contributed by atoms with E-state index in [9.17, 15) is 9.18 Å². The Hall–Kier alpha value is -0.840. The highest BCUT2D eigenvalue weighted by Crippen LogP contribution is 2.25. The van der Waals surface area contributed by atoms with Crippen molar-refractivity contribution >= 4 is 29.9 Å². The molecule has 21 heavy (non-hydrogen) atoms. The first-order chi connectivity index (χ1) is 9.47. The maximum Gasteiger partial charge on any atom is 0.223 e. The molecule has 0 radical (unpaired) electrons. The fourth-order valence-electron chi connectivity index (χ4n) is 2.63. The third-order valence-electron chi connectivity index (χ3n) is 3.78. The summed E-state index contributed by atoms with van der Waals surface area (Å²) in [7, 11) is 0. The van der Waals surface area contributed by atoms with E-state index in [4.69, 9.17) is 11.6 Å². The second-order valence-electron chi connectivity index (χ2n) is 5.47. The van der Waals surface area contributed by atoms with E-state index in [2.05, 4.69) is 17.6 Å². The van der Waals surface area contributed by atoms with Gasteiger partial charge >= 0.3 is 0 Å². The van der Waals surface area contributed by atoms with Gasteiger partial charge in [-0.25, -0.2) is 4.39 Å². The normalized spacial score (nSPS) is 23.0. The molecule has 1 aliphatic heterocycles. The highest BCUT2D eigenvalue weighted by molar-refractivity contribution is 6.31. The van der Waals surface area contributed by atoms with E-state index in [-0.39, 0.29) is 36.1 Å². The number of nitrogens with one attached hydrogen (secondary N) is 2. The van der Waals surface area contributed by atoms with Crippen LogP contribution in [-0.4, -0.2) is 18.5 Å². The summed E-state index contributed by atoms with van der Waals surface area (Å²) >= 11 is 6.02. The first-order valence-electron chi connectivity index (χ1n) is 6.96. The van der Waals surface area contributed by atoms with E-state index >= 15 is 0 Å². The number of hydrogen-bond donors (Lipinski definition) is 2. The molecule has 1 fully saturated rings. The van der Waals surface area contributed by atoms with Crippen molar-refractivity contribution in [1.29, 1.82) is 0 Å². The van der Waals surface area contributed by atoms with E-state index in [1.54, 1.807) is 6.07 Å². The van der Waals surface area contributed by atoms with E-state index in [1.165, 1.54) is 12.1 Å². The van der Waals surface area contributed by atoms with Gasteiger partial charge in [0.25, 0.3) is 0 Å². The molecule has 6 heteroatoms. The Morgan fingerprint density at radius 3 is 2.86 bits per heavy atom. The molecule has 1 aromatic rings. The van der Waals surface area contributed by atoms with Gasteiger partial charge in [-0.3, -0.25) is 4.79 Å². The molecule has 1 aromatic carbocycles. The molecule has 0 spiro atoms. The summed E-state index contributed by atoms with van der Waals surface area (Å²) in [5.41, 5.74) is 0.739. The van der Waals surface area contributed by atoms with Crippen molar-refractivity contribution in [2.24, 2.45) is 5.92 Å². The third kappa shape index (κ3) is 4.83. The number of benzene rings is 1. The fraction of sp³-hybridized carbons (Fsp3) is 0.533. The van der Waals surface area contributed by atoms with Crippen molar-refractivity contribution in [2.45, 2.75) is 38.8 Å². The van der Waals surface area contributed by atoms with Crippen molar-refractivity contribution in [1.82, 2.24) is 10.6 Å². The Morgan fingerprint density at radius 1 is 1.52 bits per heavy atom. The van der Waals surface area contributed by atoms with Gasteiger partial charge in [0.15, 0.2) is 0 Å². The van der Waals surface area contributed by atoms with Gasteiger partial charge in [0.1, 0.15) is 5.82 Å². The molecule has 2 rings (SSSR count). The van der Waals surface area contributed by atoms with Crippen molar-refractivity contribution in [3.8, 4) is 0 Å². The number of rotatable bonds is 3. The zero-order chi connectivity index (χ0) is 14.7. The van der Waals surface area contributed by atoms with Gasteiger partial charge in [-0.1, -0.05) is 17.7 Å². The Bertz CT molecular complexity index is 499. The highest BCUT2D eigenvalue weighted by Gasteiger charge is 2.26. The highest BCUT2D eigenvalue weighted by atomic mass is 35.5. The van der Waals surface area contributed by atoms with Crippen LogP contribution in [0.2, 0.25) is 5.02 Å². The molecule has 1 aliphatic rings. The Labute approximate surface area is 136 Å². The molecular weight excluding hydrogens is 314 g/mol. The summed E-state index contributed by atoms with van der Waals surface area (Å²) in [5.74, 6) is -0.288. The van der Waals surface area contributed by atoms with Crippen LogP contribution in [0.15, 0.2) is 18.2 Å². The number of halogens is 3. The molecular formula is C15H21Cl2FN2O. The quantitative estimate of drug-likeness (QED) is 0.888. The van der Waals surface area contributed by atoms with Crippen molar-refractivity contribution < 1.29 is 9.18 Å². The van der Waals surface area contributed by atoms with E-state index < -0.39 is 0 Å². The first kappa shape index (κ1) is 18.2. The van der Waals surface area contributed by atoms with Gasteiger partial charge in [-0.2, -0.15) is 0 Å². The lowest BCUT2D eigenvalue weighted by molar-refractivity contribution is -0.126. The van der Waals surface area contributed by atoms with Crippen molar-refractivity contribution in [3.05, 3.63) is 34.6 Å². The number of amides is 1. The third-order valence-corrected chi connectivity index (χ3v) is 4.11. The summed E-state index contributed by atoms with van der Waals surface area (Å²) in [6.45, 7) is 4.81. The zero-order valence-corrected chi connectivity index (χ0v) is 13.7. The average Bonchev–Trinajstić information content (AvgIpc) is 2.38. The van der Waals surface area contributed by atoms with Crippen LogP contribution in [0.1, 0.15) is 38.3 Å². The summed E-state index contributed by atoms with van der Waals surface area (Å²) in [5, 5.41) is 6.64. The smallest absolute Gasteiger partial charge is 0.223 e. The molecule has 1 unspecified atom stereocenters. The fourth-order valence-corrected chi connectivity index (χ4v) is 2.96. The molecule has 1 amide bonds. The van der Waals surface area contributed by atoms with Crippen molar-refractivity contribution in [2.75, 3.05) is 6.54 Å². The molecule has 118 valence electrons. The van der Waals surface area contributed by atoms with Gasteiger partial charge in [0.05, 0.1) is 6.04 Å². The summed E-state index contributed by atoms with van der Waals surface area (Å²) in [4.78, 5) is 12.2. The number of piperidine rings is 1. The van der Waals surface area contributed by atoms with Crippen LogP contribution < -0.4 is 10.6 Å². The van der Waals surface area contributed by atoms with Crippen LogP contribution in [0.3, 0.4) is 0 Å². The zero-order valence-electron chi connectivity index (χ0n) is 12.2. The largest absolute Gasteiger partial charge is 0.349 e. The number of carbonyl (C=O) groups excluding carboxylic acids is 1. The van der Waals surface area contributed by atoms with Crippen LogP contribution in [0.25, 0.3) is 0 Å². The lowest BCUT2D eigenvalue weighted by atomic mass is 9.92. The number of hydrogen-bond acceptors (Lipinski definition) is 2. The van der Waals surface area contributed by atoms with Crippen LogP contribution >= 0.6 is 24.0 Å². The molecule has 3 atom stereocenters. The molecule has 0 bridgehead atoms. The lowest BCUT2D eigenvalue weighted by Crippen LogP contribution is -2.43. The minimum absolute atomic E-state index is 0. The standard InChI is InChI=1S/C15H20ClFN2O.ClH/c1-9-7-11(5-6-18-9)15(20)19-10(2)13-4-3-12(17)8-14(13)16;/h3-4,8-11,18H,5-7H2,1-2H3,(H,19,20);1H/t9-,10?,11-;/m0./s1. The predicted octanol–water partition coefficient (Wildman–Crippen LogP) is 3.47. The Morgan fingerprint density at radius 2 is 2.24 bits per heavy atom. The van der Waals surface area contributed by atoms with Gasteiger partial charge in [-0.05, 0) is 50.9 Å². The van der Waals surface area contributed by atoms with Gasteiger partial charge < -0.3 is 10.6 Å². The van der Waals surface area contributed by atoms with Crippen LogP contribution in [0, 0.1) is 11.7 Å². The summed E-state index contributed by atoms with van der Waals surface area (Å²) in [6, 6.07) is 4.39. The van der Waals surface area contributed by atoms with Crippen LogP contribution in [0.5, 0.6) is 0 Å². The molecule has 0 aliphatic carbocycles. The van der Waals surface area contributed by atoms with E-state index in [1.807, 2.05) is 6.92 Å². The SMILES string of the molecule is CC(NC(=O)[C@H]1CCN[C@@H](C)C1)c1ccc(F)cc1Cl.Cl. The Kier molecular flexibility index (Phi) is 6.91. The van der Waals surface area contributed by atoms with Crippen LogP contribution in [0.4, 0.5) is 4.39 Å². The second kappa shape index (κ2) is 7.97. The topological polar surface area (TPSA) is 41.1 Å². The van der Waals surface area contributed by atoms with E-state index in [0.29, 0.717) is 11.1 Å². The minimum Gasteiger partial charge on any atom is -0.349 e. The monoisotopic (exact) mass is 334 g/mol. The molecule has 2 N–H and O–H groups in total. The first-order valence-corrected chi connectivity index (χ1v) is 7.34. The molecule has 0 aromatic heterocycles. The van der Waals surface area contributed by atoms with Crippen LogP contribution in [-0.2, 0) is 4.79 Å². The van der Waals surface area contributed by atoms with Gasteiger partial charge in [0.2, 0.25) is 5.91 Å². The van der Waals surface area contributed by atoms with E-state index in [0.717, 1.165) is 24.9 Å². The van der Waals surface area contributed by atoms with Gasteiger partial charge in [0, 0.05) is 17.0 Å².